The van der Waals surface area contributed by atoms with Crippen LogP contribution >= 0.6 is 11.9 Å². The first kappa shape index (κ1) is 33.4. The molecule has 0 aliphatic rings. The number of nitrogens with one attached hydrogen (secondary N) is 2. The van der Waals surface area contributed by atoms with Crippen LogP contribution in [0.4, 0.5) is 43.7 Å². The summed E-state index contributed by atoms with van der Waals surface area (Å²) >= 11 is 0.432. The van der Waals surface area contributed by atoms with E-state index in [9.17, 15) is 31.1 Å². The van der Waals surface area contributed by atoms with E-state index in [4.69, 9.17) is 10.5 Å². The molecule has 240 valence electrons. The lowest BCUT2D eigenvalue weighted by molar-refractivity contribution is -0.141. The molecule has 4 N–H and O–H groups in total. The van der Waals surface area contributed by atoms with E-state index >= 15 is 0 Å². The molecule has 2 aromatic carbocycles. The molecule has 0 bridgehead atoms. The number of carbonyl (C=O) groups excluding carboxylic acids is 1. The van der Waals surface area contributed by atoms with Gasteiger partial charge in [-0.3, -0.25) is 4.79 Å². The van der Waals surface area contributed by atoms with Crippen molar-refractivity contribution >= 4 is 35.2 Å². The number of nitrogens with two attached hydrogens (primary N) is 1. The van der Waals surface area contributed by atoms with Gasteiger partial charge in [-0.05, 0) is 57.3 Å². The number of primary amides is 1. The molecule has 0 atom stereocenters. The predicted octanol–water partition coefficient (Wildman–Crippen LogP) is 7.47. The fraction of sp³-hybridized carbons (Fsp3) is 0.310. The van der Waals surface area contributed by atoms with Crippen LogP contribution in [0.15, 0.2) is 54.9 Å². The summed E-state index contributed by atoms with van der Waals surface area (Å²) in [5, 5.41) is 7.44. The molecule has 0 saturated heterocycles. The van der Waals surface area contributed by atoms with E-state index in [0.717, 1.165) is 17.3 Å². The Morgan fingerprint density at radius 2 is 1.69 bits per heavy atom. The largest absolute Gasteiger partial charge is 0.487 e. The number of rotatable bonds is 10. The molecule has 0 unspecified atom stereocenters. The van der Waals surface area contributed by atoms with Crippen molar-refractivity contribution in [2.24, 2.45) is 5.73 Å². The summed E-state index contributed by atoms with van der Waals surface area (Å²) in [7, 11) is 0. The van der Waals surface area contributed by atoms with E-state index < -0.39 is 35.2 Å². The Bertz CT molecular complexity index is 1650. The molecular weight excluding hydrogens is 624 g/mol. The fourth-order valence-corrected chi connectivity index (χ4v) is 4.59. The third kappa shape index (κ3) is 8.59. The van der Waals surface area contributed by atoms with Gasteiger partial charge in [0.25, 0.3) is 5.91 Å². The van der Waals surface area contributed by atoms with Crippen LogP contribution < -0.4 is 20.5 Å². The average Bonchev–Trinajstić information content (AvgIpc) is 3.32. The number of aryl methyl sites for hydroxylation is 1. The van der Waals surface area contributed by atoms with Crippen LogP contribution in [0.1, 0.15) is 48.0 Å². The first-order chi connectivity index (χ1) is 20.9. The fourth-order valence-electron chi connectivity index (χ4n) is 4.03. The van der Waals surface area contributed by atoms with E-state index in [-0.39, 0.29) is 40.9 Å². The topological polar surface area (TPSA) is 120 Å². The standard InChI is InChI=1S/C29H29F6N7O2S/c1-16-5-7-17(8-6-16)14-44-20-11-18(9-10-19(20)41-45-15-28(30,31)32)24-23(25(36)43)26(42(40-24)27(2,3)4)39-22-13-37-21(12-38-22)29(33,34)35/h5-13,41H,14-15H2,1-4H3,(H2,36,43)(H,38,39). The first-order valence-electron chi connectivity index (χ1n) is 13.3. The van der Waals surface area contributed by atoms with E-state index in [1.165, 1.54) is 22.9 Å². The number of anilines is 3. The summed E-state index contributed by atoms with van der Waals surface area (Å²) in [6.45, 7) is 7.34. The van der Waals surface area contributed by atoms with Crippen molar-refractivity contribution in [3.63, 3.8) is 0 Å². The summed E-state index contributed by atoms with van der Waals surface area (Å²) in [4.78, 5) is 20.0. The van der Waals surface area contributed by atoms with Crippen molar-refractivity contribution in [2.75, 3.05) is 15.8 Å². The quantitative estimate of drug-likeness (QED) is 0.119. The highest BCUT2D eigenvalue weighted by Gasteiger charge is 2.34. The number of halogens is 6. The molecule has 2 aromatic heterocycles. The number of carbonyl (C=O) groups is 1. The number of ether oxygens (including phenoxy) is 1. The molecule has 0 aliphatic carbocycles. The summed E-state index contributed by atoms with van der Waals surface area (Å²) in [5.41, 5.74) is 6.22. The van der Waals surface area contributed by atoms with Gasteiger partial charge >= 0.3 is 12.4 Å². The minimum Gasteiger partial charge on any atom is -0.487 e. The minimum atomic E-state index is -4.70. The highest BCUT2D eigenvalue weighted by molar-refractivity contribution is 8.00. The van der Waals surface area contributed by atoms with Gasteiger partial charge in [-0.25, -0.2) is 14.6 Å². The highest BCUT2D eigenvalue weighted by Crippen LogP contribution is 2.38. The second kappa shape index (κ2) is 12.9. The van der Waals surface area contributed by atoms with Crippen molar-refractivity contribution in [1.29, 1.82) is 0 Å². The number of benzene rings is 2. The summed E-state index contributed by atoms with van der Waals surface area (Å²) in [5.74, 6) is -1.95. The molecule has 0 radical (unpaired) electrons. The zero-order chi connectivity index (χ0) is 33.2. The van der Waals surface area contributed by atoms with Gasteiger partial charge in [0.05, 0.1) is 23.6 Å². The van der Waals surface area contributed by atoms with E-state index in [1.807, 2.05) is 31.2 Å². The first-order valence-corrected chi connectivity index (χ1v) is 14.3. The average molecular weight is 654 g/mol. The maximum Gasteiger partial charge on any atom is 0.434 e. The lowest BCUT2D eigenvalue weighted by Crippen LogP contribution is -2.25. The molecule has 0 saturated carbocycles. The number of amides is 1. The smallest absolute Gasteiger partial charge is 0.434 e. The van der Waals surface area contributed by atoms with Crippen molar-refractivity contribution in [3.05, 3.63) is 77.2 Å². The molecule has 45 heavy (non-hydrogen) atoms. The minimum absolute atomic E-state index is 0.0455. The molecule has 4 rings (SSSR count). The lowest BCUT2D eigenvalue weighted by Gasteiger charge is -2.23. The van der Waals surface area contributed by atoms with Crippen LogP contribution in [0.25, 0.3) is 11.3 Å². The van der Waals surface area contributed by atoms with Gasteiger partial charge in [0, 0.05) is 5.56 Å². The van der Waals surface area contributed by atoms with Gasteiger partial charge in [0.1, 0.15) is 41.0 Å². The maximum atomic E-state index is 13.0. The van der Waals surface area contributed by atoms with Crippen molar-refractivity contribution in [3.8, 4) is 17.0 Å². The van der Waals surface area contributed by atoms with E-state index in [2.05, 4.69) is 25.1 Å². The van der Waals surface area contributed by atoms with Crippen LogP contribution in [0.2, 0.25) is 0 Å². The van der Waals surface area contributed by atoms with Crippen molar-refractivity contribution < 1.29 is 35.9 Å². The normalized spacial score (nSPS) is 12.2. The number of alkyl halides is 6. The van der Waals surface area contributed by atoms with Gasteiger partial charge in [0.15, 0.2) is 5.69 Å². The van der Waals surface area contributed by atoms with Crippen LogP contribution in [-0.4, -0.2) is 37.6 Å². The Hall–Kier alpha value is -4.47. The molecule has 16 heteroatoms. The molecule has 9 nitrogen and oxygen atoms in total. The third-order valence-corrected chi connectivity index (χ3v) is 6.98. The molecule has 4 aromatic rings. The molecule has 2 heterocycles. The molecule has 0 spiro atoms. The summed E-state index contributed by atoms with van der Waals surface area (Å²) < 4.78 is 87.6. The van der Waals surface area contributed by atoms with Gasteiger partial charge in [-0.2, -0.15) is 31.4 Å². The highest BCUT2D eigenvalue weighted by atomic mass is 32.2. The van der Waals surface area contributed by atoms with E-state index in [1.54, 1.807) is 20.8 Å². The molecule has 0 fully saturated rings. The number of aromatic nitrogens is 4. The predicted molar refractivity (Wildman–Crippen MR) is 159 cm³/mol. The Balaban J connectivity index is 1.77. The second-order valence-electron chi connectivity index (χ2n) is 10.9. The SMILES string of the molecule is Cc1ccc(COc2cc(-c3nn(C(C)(C)C)c(Nc4cnc(C(F)(F)F)cn4)c3C(N)=O)ccc2NSCC(F)(F)F)cc1. The van der Waals surface area contributed by atoms with Crippen LogP contribution in [-0.2, 0) is 18.3 Å². The number of nitrogens with zero attached hydrogens (tertiary/aromatic N) is 4. The van der Waals surface area contributed by atoms with Crippen LogP contribution in [0.5, 0.6) is 5.75 Å². The lowest BCUT2D eigenvalue weighted by atomic mass is 10.1. The van der Waals surface area contributed by atoms with Gasteiger partial charge < -0.3 is 20.5 Å². The number of hydrogen-bond donors (Lipinski definition) is 3. The zero-order valence-electron chi connectivity index (χ0n) is 24.5. The summed E-state index contributed by atoms with van der Waals surface area (Å²) in [6.07, 6.45) is -7.69. The van der Waals surface area contributed by atoms with Crippen molar-refractivity contribution in [1.82, 2.24) is 19.7 Å². The molecular formula is C29H29F6N7O2S. The zero-order valence-corrected chi connectivity index (χ0v) is 25.3. The van der Waals surface area contributed by atoms with Crippen molar-refractivity contribution in [2.45, 2.75) is 52.2 Å². The Morgan fingerprint density at radius 1 is 1.00 bits per heavy atom. The monoisotopic (exact) mass is 653 g/mol. The maximum absolute atomic E-state index is 13.0. The second-order valence-corrected chi connectivity index (χ2v) is 11.7. The molecule has 0 aliphatic heterocycles. The van der Waals surface area contributed by atoms with Gasteiger partial charge in [0.2, 0.25) is 0 Å². The number of hydrogen-bond acceptors (Lipinski definition) is 8. The van der Waals surface area contributed by atoms with Crippen LogP contribution in [0, 0.1) is 6.92 Å². The Morgan fingerprint density at radius 3 is 2.24 bits per heavy atom. The Labute approximate surface area is 258 Å². The third-order valence-electron chi connectivity index (χ3n) is 6.14. The summed E-state index contributed by atoms with van der Waals surface area (Å²) in [6, 6.07) is 12.0. The van der Waals surface area contributed by atoms with Gasteiger partial charge in [-0.1, -0.05) is 35.9 Å². The van der Waals surface area contributed by atoms with E-state index in [0.29, 0.717) is 23.7 Å². The van der Waals surface area contributed by atoms with Crippen LogP contribution in [0.3, 0.4) is 0 Å². The molecule has 1 amide bonds. The van der Waals surface area contributed by atoms with Gasteiger partial charge in [-0.15, -0.1) is 0 Å². The Kier molecular flexibility index (Phi) is 9.56.